The Bertz CT molecular complexity index is 545. The van der Waals surface area contributed by atoms with Crippen molar-refractivity contribution >= 4 is 27.9 Å². The van der Waals surface area contributed by atoms with Crippen LogP contribution < -0.4 is 5.32 Å². The number of carbonyl (C=O) groups excluding carboxylic acids is 2. The van der Waals surface area contributed by atoms with Crippen LogP contribution in [0.5, 0.6) is 0 Å². The molecule has 114 valence electrons. The molecule has 5 nitrogen and oxygen atoms in total. The van der Waals surface area contributed by atoms with Crippen LogP contribution in [0.1, 0.15) is 17.3 Å². The maximum absolute atomic E-state index is 13.7. The maximum Gasteiger partial charge on any atom is 0.317 e. The molecule has 0 bridgehead atoms. The van der Waals surface area contributed by atoms with E-state index in [1.807, 2.05) is 6.92 Å². The van der Waals surface area contributed by atoms with Gasteiger partial charge in [0, 0.05) is 37.2 Å². The van der Waals surface area contributed by atoms with Crippen molar-refractivity contribution in [2.75, 3.05) is 32.7 Å². The van der Waals surface area contributed by atoms with E-state index in [-0.39, 0.29) is 17.5 Å². The fourth-order valence-electron chi connectivity index (χ4n) is 2.21. The monoisotopic (exact) mass is 357 g/mol. The van der Waals surface area contributed by atoms with Crippen LogP contribution in [0.25, 0.3) is 0 Å². The van der Waals surface area contributed by atoms with Crippen molar-refractivity contribution in [1.29, 1.82) is 0 Å². The van der Waals surface area contributed by atoms with E-state index < -0.39 is 5.82 Å². The first-order valence-corrected chi connectivity index (χ1v) is 7.59. The number of hydrogen-bond donors (Lipinski definition) is 1. The number of urea groups is 1. The van der Waals surface area contributed by atoms with Crippen molar-refractivity contribution in [2.24, 2.45) is 0 Å². The van der Waals surface area contributed by atoms with Gasteiger partial charge in [0.25, 0.3) is 5.91 Å². The third kappa shape index (κ3) is 3.72. The zero-order chi connectivity index (χ0) is 15.4. The highest BCUT2D eigenvalue weighted by atomic mass is 79.9. The summed E-state index contributed by atoms with van der Waals surface area (Å²) in [6.45, 7) is 4.14. The summed E-state index contributed by atoms with van der Waals surface area (Å²) in [5.74, 6) is -0.876. The fraction of sp³-hybridized carbons (Fsp3) is 0.429. The van der Waals surface area contributed by atoms with E-state index in [0.29, 0.717) is 37.2 Å². The first-order valence-electron chi connectivity index (χ1n) is 6.80. The number of nitrogens with zero attached hydrogens (tertiary/aromatic N) is 2. The Morgan fingerprint density at radius 1 is 1.24 bits per heavy atom. The number of hydrogen-bond acceptors (Lipinski definition) is 2. The molecule has 1 aliphatic rings. The summed E-state index contributed by atoms with van der Waals surface area (Å²) in [7, 11) is 0. The molecule has 1 aromatic rings. The Morgan fingerprint density at radius 2 is 1.86 bits per heavy atom. The summed E-state index contributed by atoms with van der Waals surface area (Å²) in [4.78, 5) is 27.2. The average molecular weight is 358 g/mol. The van der Waals surface area contributed by atoms with Crippen LogP contribution in [0.3, 0.4) is 0 Å². The van der Waals surface area contributed by atoms with E-state index in [0.717, 1.165) is 0 Å². The lowest BCUT2D eigenvalue weighted by atomic mass is 10.1. The molecule has 0 radical (unpaired) electrons. The lowest BCUT2D eigenvalue weighted by Gasteiger charge is -2.34. The van der Waals surface area contributed by atoms with Gasteiger partial charge in [-0.15, -0.1) is 0 Å². The molecular weight excluding hydrogens is 341 g/mol. The van der Waals surface area contributed by atoms with Gasteiger partial charge < -0.3 is 15.1 Å². The van der Waals surface area contributed by atoms with Crippen LogP contribution in [0.4, 0.5) is 9.18 Å². The van der Waals surface area contributed by atoms with Gasteiger partial charge in [-0.25, -0.2) is 9.18 Å². The third-order valence-corrected chi connectivity index (χ3v) is 3.83. The normalized spacial score (nSPS) is 15.0. The number of rotatable bonds is 2. The Balaban J connectivity index is 2.00. The molecule has 1 heterocycles. The molecule has 0 atom stereocenters. The summed E-state index contributed by atoms with van der Waals surface area (Å²) in [6.07, 6.45) is 0. The molecule has 1 aliphatic heterocycles. The van der Waals surface area contributed by atoms with E-state index in [9.17, 15) is 14.0 Å². The fourth-order valence-corrected chi connectivity index (χ4v) is 2.57. The van der Waals surface area contributed by atoms with Gasteiger partial charge in [0.15, 0.2) is 0 Å². The van der Waals surface area contributed by atoms with Crippen LogP contribution in [0.15, 0.2) is 22.7 Å². The van der Waals surface area contributed by atoms with E-state index in [4.69, 9.17) is 0 Å². The van der Waals surface area contributed by atoms with Crippen molar-refractivity contribution < 1.29 is 14.0 Å². The Labute approximate surface area is 131 Å². The van der Waals surface area contributed by atoms with Crippen LogP contribution in [-0.2, 0) is 0 Å². The molecule has 7 heteroatoms. The average Bonchev–Trinajstić information content (AvgIpc) is 2.49. The molecule has 0 saturated carbocycles. The SMILES string of the molecule is CCNC(=O)N1CCN(C(=O)c2cc(Br)ccc2F)CC1. The first kappa shape index (κ1) is 15.8. The number of amides is 3. The summed E-state index contributed by atoms with van der Waals surface area (Å²) < 4.78 is 14.4. The zero-order valence-electron chi connectivity index (χ0n) is 11.7. The van der Waals surface area contributed by atoms with Gasteiger partial charge in [-0.2, -0.15) is 0 Å². The molecular formula is C14H17BrFN3O2. The molecule has 1 saturated heterocycles. The quantitative estimate of drug-likeness (QED) is 0.880. The maximum atomic E-state index is 13.7. The van der Waals surface area contributed by atoms with Crippen molar-refractivity contribution in [2.45, 2.75) is 6.92 Å². The molecule has 1 N–H and O–H groups in total. The minimum absolute atomic E-state index is 0.0517. The zero-order valence-corrected chi connectivity index (χ0v) is 13.3. The molecule has 0 unspecified atom stereocenters. The predicted octanol–water partition coefficient (Wildman–Crippen LogP) is 2.08. The minimum atomic E-state index is -0.533. The number of nitrogens with one attached hydrogen (secondary N) is 1. The smallest absolute Gasteiger partial charge is 0.317 e. The summed E-state index contributed by atoms with van der Waals surface area (Å²) >= 11 is 3.24. The van der Waals surface area contributed by atoms with Crippen LogP contribution in [0.2, 0.25) is 0 Å². The number of carbonyl (C=O) groups is 2. The second-order valence-corrected chi connectivity index (χ2v) is 5.65. The third-order valence-electron chi connectivity index (χ3n) is 3.34. The van der Waals surface area contributed by atoms with E-state index >= 15 is 0 Å². The van der Waals surface area contributed by atoms with Crippen molar-refractivity contribution in [3.8, 4) is 0 Å². The summed E-state index contributed by atoms with van der Waals surface area (Å²) in [5.41, 5.74) is 0.0517. The molecule has 3 amide bonds. The molecule has 21 heavy (non-hydrogen) atoms. The van der Waals surface area contributed by atoms with E-state index in [1.165, 1.54) is 12.1 Å². The second-order valence-electron chi connectivity index (χ2n) is 4.74. The predicted molar refractivity (Wildman–Crippen MR) is 80.6 cm³/mol. The molecule has 2 rings (SSSR count). The molecule has 1 fully saturated rings. The van der Waals surface area contributed by atoms with Gasteiger partial charge in [0.05, 0.1) is 5.56 Å². The Morgan fingerprint density at radius 3 is 2.48 bits per heavy atom. The van der Waals surface area contributed by atoms with Gasteiger partial charge in [0.2, 0.25) is 0 Å². The molecule has 0 aliphatic carbocycles. The van der Waals surface area contributed by atoms with Gasteiger partial charge >= 0.3 is 6.03 Å². The highest BCUT2D eigenvalue weighted by Crippen LogP contribution is 2.18. The lowest BCUT2D eigenvalue weighted by Crippen LogP contribution is -2.53. The standard InChI is InChI=1S/C14H17BrFN3O2/c1-2-17-14(21)19-7-5-18(6-8-19)13(20)11-9-10(15)3-4-12(11)16/h3-4,9H,2,5-8H2,1H3,(H,17,21). The summed E-state index contributed by atoms with van der Waals surface area (Å²) in [5, 5.41) is 2.72. The van der Waals surface area contributed by atoms with Gasteiger partial charge in [-0.05, 0) is 25.1 Å². The first-order chi connectivity index (χ1) is 10.0. The van der Waals surface area contributed by atoms with Gasteiger partial charge in [-0.3, -0.25) is 4.79 Å². The largest absolute Gasteiger partial charge is 0.338 e. The van der Waals surface area contributed by atoms with Crippen molar-refractivity contribution in [3.05, 3.63) is 34.1 Å². The highest BCUT2D eigenvalue weighted by Gasteiger charge is 2.26. The van der Waals surface area contributed by atoms with E-state index in [2.05, 4.69) is 21.2 Å². The second kappa shape index (κ2) is 6.89. The van der Waals surface area contributed by atoms with Crippen molar-refractivity contribution in [3.63, 3.8) is 0 Å². The van der Waals surface area contributed by atoms with Gasteiger partial charge in [0.1, 0.15) is 5.82 Å². The molecule has 1 aromatic carbocycles. The van der Waals surface area contributed by atoms with Crippen molar-refractivity contribution in [1.82, 2.24) is 15.1 Å². The Hall–Kier alpha value is -1.63. The highest BCUT2D eigenvalue weighted by molar-refractivity contribution is 9.10. The number of piperazine rings is 1. The van der Waals surface area contributed by atoms with Gasteiger partial charge in [-0.1, -0.05) is 15.9 Å². The minimum Gasteiger partial charge on any atom is -0.338 e. The van der Waals surface area contributed by atoms with Crippen LogP contribution in [0, 0.1) is 5.82 Å². The Kier molecular flexibility index (Phi) is 5.17. The van der Waals surface area contributed by atoms with E-state index in [1.54, 1.807) is 15.9 Å². The molecule has 0 aromatic heterocycles. The summed E-state index contributed by atoms with van der Waals surface area (Å²) in [6, 6.07) is 4.17. The topological polar surface area (TPSA) is 52.7 Å². The number of halogens is 2. The number of benzene rings is 1. The van der Waals surface area contributed by atoms with Crippen LogP contribution in [-0.4, -0.2) is 54.5 Å². The lowest BCUT2D eigenvalue weighted by molar-refractivity contribution is 0.0660. The molecule has 0 spiro atoms. The van der Waals surface area contributed by atoms with Crippen LogP contribution >= 0.6 is 15.9 Å².